The van der Waals surface area contributed by atoms with Crippen LogP contribution in [0.3, 0.4) is 0 Å². The molecule has 122 valence electrons. The standard InChI is InChI=1S/C23H30/c1-2-6-19-9-11-20(12-10-19)13-14-21-15-17-23(18-16-21)22-7-4-3-5-8-22/h3-5,7-8,15-20H,2,6,9-14H2,1H3. The summed E-state index contributed by atoms with van der Waals surface area (Å²) in [4.78, 5) is 0. The smallest absolute Gasteiger partial charge is 0.0184 e. The van der Waals surface area contributed by atoms with Crippen LogP contribution in [-0.4, -0.2) is 0 Å². The highest BCUT2D eigenvalue weighted by molar-refractivity contribution is 5.63. The van der Waals surface area contributed by atoms with Crippen molar-refractivity contribution in [3.05, 3.63) is 60.2 Å². The van der Waals surface area contributed by atoms with Crippen molar-refractivity contribution in [3.63, 3.8) is 0 Å². The Labute approximate surface area is 141 Å². The molecule has 0 aliphatic heterocycles. The van der Waals surface area contributed by atoms with E-state index >= 15 is 0 Å². The predicted octanol–water partition coefficient (Wildman–Crippen LogP) is 6.89. The van der Waals surface area contributed by atoms with Gasteiger partial charge in [0.05, 0.1) is 0 Å². The first-order valence-electron chi connectivity index (χ1n) is 9.49. The van der Waals surface area contributed by atoms with E-state index in [1.54, 1.807) is 0 Å². The fraction of sp³-hybridized carbons (Fsp3) is 0.478. The van der Waals surface area contributed by atoms with Gasteiger partial charge in [-0.3, -0.25) is 0 Å². The van der Waals surface area contributed by atoms with E-state index in [1.807, 2.05) is 0 Å². The molecule has 0 atom stereocenters. The van der Waals surface area contributed by atoms with Gasteiger partial charge in [-0.1, -0.05) is 100 Å². The topological polar surface area (TPSA) is 0 Å². The Kier molecular flexibility index (Phi) is 5.91. The van der Waals surface area contributed by atoms with Crippen molar-refractivity contribution in [1.82, 2.24) is 0 Å². The van der Waals surface area contributed by atoms with Crippen LogP contribution in [0, 0.1) is 11.8 Å². The Morgan fingerprint density at radius 2 is 1.26 bits per heavy atom. The minimum Gasteiger partial charge on any atom is -0.0654 e. The summed E-state index contributed by atoms with van der Waals surface area (Å²) in [6, 6.07) is 19.9. The molecule has 0 amide bonds. The van der Waals surface area contributed by atoms with Crippen molar-refractivity contribution in [1.29, 1.82) is 0 Å². The average Bonchev–Trinajstić information content (AvgIpc) is 2.63. The van der Waals surface area contributed by atoms with E-state index in [1.165, 1.54) is 68.1 Å². The summed E-state index contributed by atoms with van der Waals surface area (Å²) in [7, 11) is 0. The maximum Gasteiger partial charge on any atom is -0.0184 e. The molecule has 1 saturated carbocycles. The maximum absolute atomic E-state index is 2.32. The molecule has 0 spiro atoms. The third-order valence-electron chi connectivity index (χ3n) is 5.57. The molecule has 0 unspecified atom stereocenters. The molecule has 2 aromatic carbocycles. The van der Waals surface area contributed by atoms with Crippen molar-refractivity contribution in [2.45, 2.75) is 58.3 Å². The van der Waals surface area contributed by atoms with Gasteiger partial charge in [0, 0.05) is 0 Å². The van der Waals surface area contributed by atoms with Crippen molar-refractivity contribution < 1.29 is 0 Å². The van der Waals surface area contributed by atoms with Crippen LogP contribution in [0.1, 0.15) is 57.4 Å². The van der Waals surface area contributed by atoms with Crippen molar-refractivity contribution in [2.24, 2.45) is 11.8 Å². The number of hydrogen-bond acceptors (Lipinski definition) is 0. The lowest BCUT2D eigenvalue weighted by molar-refractivity contribution is 0.252. The first kappa shape index (κ1) is 16.3. The molecule has 0 bridgehead atoms. The molecule has 0 saturated heterocycles. The SMILES string of the molecule is CCCC1CCC(CCc2ccc(-c3ccccc3)cc2)CC1. The Hall–Kier alpha value is -1.56. The van der Waals surface area contributed by atoms with Gasteiger partial charge < -0.3 is 0 Å². The number of benzene rings is 2. The summed E-state index contributed by atoms with van der Waals surface area (Å²) in [5.74, 6) is 2.00. The lowest BCUT2D eigenvalue weighted by Gasteiger charge is -2.28. The maximum atomic E-state index is 2.32. The molecular formula is C23H30. The van der Waals surface area contributed by atoms with Crippen LogP contribution in [0.15, 0.2) is 54.6 Å². The summed E-state index contributed by atoms with van der Waals surface area (Å²) in [5.41, 5.74) is 4.14. The van der Waals surface area contributed by atoms with E-state index in [4.69, 9.17) is 0 Å². The molecule has 1 fully saturated rings. The van der Waals surface area contributed by atoms with Gasteiger partial charge in [0.25, 0.3) is 0 Å². The Balaban J connectivity index is 1.48. The quantitative estimate of drug-likeness (QED) is 0.545. The van der Waals surface area contributed by atoms with Gasteiger partial charge in [-0.05, 0) is 41.4 Å². The molecule has 0 nitrogen and oxygen atoms in total. The second-order valence-corrected chi connectivity index (χ2v) is 7.28. The molecule has 0 aromatic heterocycles. The zero-order valence-corrected chi connectivity index (χ0v) is 14.5. The Bertz CT molecular complexity index is 559. The van der Waals surface area contributed by atoms with Gasteiger partial charge in [0.2, 0.25) is 0 Å². The van der Waals surface area contributed by atoms with Crippen LogP contribution in [0.25, 0.3) is 11.1 Å². The van der Waals surface area contributed by atoms with E-state index in [-0.39, 0.29) is 0 Å². The molecule has 0 heteroatoms. The van der Waals surface area contributed by atoms with E-state index in [2.05, 4.69) is 61.5 Å². The van der Waals surface area contributed by atoms with Crippen LogP contribution in [0.5, 0.6) is 0 Å². The summed E-state index contributed by atoms with van der Waals surface area (Å²) in [5, 5.41) is 0. The molecule has 23 heavy (non-hydrogen) atoms. The number of hydrogen-bond donors (Lipinski definition) is 0. The van der Waals surface area contributed by atoms with Crippen molar-refractivity contribution >= 4 is 0 Å². The van der Waals surface area contributed by atoms with Crippen LogP contribution in [-0.2, 0) is 6.42 Å². The lowest BCUT2D eigenvalue weighted by atomic mass is 9.78. The fourth-order valence-corrected chi connectivity index (χ4v) is 4.08. The second-order valence-electron chi connectivity index (χ2n) is 7.28. The minimum atomic E-state index is 0.969. The van der Waals surface area contributed by atoms with E-state index < -0.39 is 0 Å². The molecule has 0 radical (unpaired) electrons. The summed E-state index contributed by atoms with van der Waals surface area (Å²) in [6.07, 6.45) is 11.3. The Morgan fingerprint density at radius 1 is 0.696 bits per heavy atom. The van der Waals surface area contributed by atoms with Crippen LogP contribution in [0.4, 0.5) is 0 Å². The van der Waals surface area contributed by atoms with Gasteiger partial charge in [-0.25, -0.2) is 0 Å². The average molecular weight is 306 g/mol. The molecule has 2 aromatic rings. The van der Waals surface area contributed by atoms with Crippen LogP contribution in [0.2, 0.25) is 0 Å². The Morgan fingerprint density at radius 3 is 1.87 bits per heavy atom. The third-order valence-corrected chi connectivity index (χ3v) is 5.57. The molecule has 0 heterocycles. The number of rotatable bonds is 6. The zero-order valence-electron chi connectivity index (χ0n) is 14.5. The van der Waals surface area contributed by atoms with Crippen LogP contribution >= 0.6 is 0 Å². The number of aryl methyl sites for hydroxylation is 1. The van der Waals surface area contributed by atoms with Gasteiger partial charge in [-0.15, -0.1) is 0 Å². The minimum absolute atomic E-state index is 0.969. The van der Waals surface area contributed by atoms with Gasteiger partial charge in [0.1, 0.15) is 0 Å². The molecule has 0 N–H and O–H groups in total. The highest BCUT2D eigenvalue weighted by Gasteiger charge is 2.20. The zero-order chi connectivity index (χ0) is 15.9. The van der Waals surface area contributed by atoms with Gasteiger partial charge in [0.15, 0.2) is 0 Å². The van der Waals surface area contributed by atoms with Crippen molar-refractivity contribution in [2.75, 3.05) is 0 Å². The van der Waals surface area contributed by atoms with Gasteiger partial charge in [-0.2, -0.15) is 0 Å². The molecule has 3 rings (SSSR count). The monoisotopic (exact) mass is 306 g/mol. The summed E-state index contributed by atoms with van der Waals surface area (Å²) >= 11 is 0. The highest BCUT2D eigenvalue weighted by Crippen LogP contribution is 2.34. The van der Waals surface area contributed by atoms with Crippen LogP contribution < -0.4 is 0 Å². The molecular weight excluding hydrogens is 276 g/mol. The van der Waals surface area contributed by atoms with Gasteiger partial charge >= 0.3 is 0 Å². The lowest BCUT2D eigenvalue weighted by Crippen LogP contribution is -2.15. The normalized spacial score (nSPS) is 21.3. The van der Waals surface area contributed by atoms with Crippen molar-refractivity contribution in [3.8, 4) is 11.1 Å². The van der Waals surface area contributed by atoms with E-state index in [0.717, 1.165) is 11.8 Å². The van der Waals surface area contributed by atoms with E-state index in [0.29, 0.717) is 0 Å². The van der Waals surface area contributed by atoms with E-state index in [9.17, 15) is 0 Å². The first-order chi connectivity index (χ1) is 11.3. The predicted molar refractivity (Wildman–Crippen MR) is 101 cm³/mol. The summed E-state index contributed by atoms with van der Waals surface area (Å²) in [6.45, 7) is 2.32. The summed E-state index contributed by atoms with van der Waals surface area (Å²) < 4.78 is 0. The molecule has 1 aliphatic carbocycles. The first-order valence-corrected chi connectivity index (χ1v) is 9.49. The second kappa shape index (κ2) is 8.34. The largest absolute Gasteiger partial charge is 0.0654 e. The third kappa shape index (κ3) is 4.70. The molecule has 1 aliphatic rings. The fourth-order valence-electron chi connectivity index (χ4n) is 4.08. The highest BCUT2D eigenvalue weighted by atomic mass is 14.3.